The van der Waals surface area contributed by atoms with E-state index in [0.717, 1.165) is 9.46 Å². The second kappa shape index (κ2) is 3.18. The first kappa shape index (κ1) is 7.66. The molecular weight excluding hydrogens is 269 g/mol. The maximum Gasteiger partial charge on any atom is 0.197 e. The van der Waals surface area contributed by atoms with Crippen LogP contribution in [0.25, 0.3) is 11.4 Å². The van der Waals surface area contributed by atoms with Crippen molar-refractivity contribution in [3.8, 4) is 11.4 Å². The van der Waals surface area contributed by atoms with Crippen molar-refractivity contribution in [2.45, 2.75) is 0 Å². The van der Waals surface area contributed by atoms with E-state index in [4.69, 9.17) is 4.52 Å². The molecule has 0 saturated carbocycles. The fourth-order valence-corrected chi connectivity index (χ4v) is 1.21. The van der Waals surface area contributed by atoms with Crippen LogP contribution in [0.1, 0.15) is 0 Å². The van der Waals surface area contributed by atoms with Crippen LogP contribution in [0.4, 0.5) is 0 Å². The van der Waals surface area contributed by atoms with Crippen LogP contribution in [0.5, 0.6) is 0 Å². The molecule has 12 heavy (non-hydrogen) atoms. The Bertz CT molecular complexity index is 373. The predicted octanol–water partition coefficient (Wildman–Crippen LogP) is 1.74. The summed E-state index contributed by atoms with van der Waals surface area (Å²) in [6, 6.07) is 5.45. The van der Waals surface area contributed by atoms with Gasteiger partial charge in [-0.15, -0.1) is 5.10 Å². The summed E-state index contributed by atoms with van der Waals surface area (Å²) in [7, 11) is 0. The molecule has 0 amide bonds. The summed E-state index contributed by atoms with van der Waals surface area (Å²) in [6.07, 6.45) is 1.62. The fourth-order valence-electron chi connectivity index (χ4n) is 0.812. The van der Waals surface area contributed by atoms with Crippen molar-refractivity contribution in [1.82, 2.24) is 15.4 Å². The summed E-state index contributed by atoms with van der Waals surface area (Å²) in [5.41, 5.74) is 1.44. The van der Waals surface area contributed by atoms with E-state index in [0.29, 0.717) is 5.69 Å². The summed E-state index contributed by atoms with van der Waals surface area (Å²) in [5.74, 6) is 0. The van der Waals surface area contributed by atoms with Gasteiger partial charge in [0.1, 0.15) is 11.4 Å². The highest BCUT2D eigenvalue weighted by atomic mass is 127. The summed E-state index contributed by atoms with van der Waals surface area (Å²) in [4.78, 5) is 0. The van der Waals surface area contributed by atoms with Crippen molar-refractivity contribution < 1.29 is 4.52 Å². The second-order valence-corrected chi connectivity index (χ2v) is 3.19. The third kappa shape index (κ3) is 1.45. The van der Waals surface area contributed by atoms with E-state index >= 15 is 0 Å². The van der Waals surface area contributed by atoms with Gasteiger partial charge in [-0.05, 0) is 12.1 Å². The molecule has 2 heterocycles. The monoisotopic (exact) mass is 273 g/mol. The van der Waals surface area contributed by atoms with Crippen LogP contribution in [0.15, 0.2) is 28.9 Å². The Labute approximate surface area is 82.1 Å². The molecule has 0 saturated heterocycles. The van der Waals surface area contributed by atoms with Crippen molar-refractivity contribution in [1.29, 1.82) is 0 Å². The molecule has 5 heteroatoms. The minimum Gasteiger partial charge on any atom is -0.350 e. The Balaban J connectivity index is 2.45. The number of aromatic nitrogens is 3. The minimum atomic E-state index is 0.715. The Morgan fingerprint density at radius 3 is 2.83 bits per heavy atom. The highest BCUT2D eigenvalue weighted by Crippen LogP contribution is 2.16. The van der Waals surface area contributed by atoms with Gasteiger partial charge in [-0.1, -0.05) is 5.16 Å². The molecule has 0 fully saturated rings. The zero-order chi connectivity index (χ0) is 8.39. The molecule has 0 unspecified atom stereocenters. The lowest BCUT2D eigenvalue weighted by Gasteiger charge is -1.88. The van der Waals surface area contributed by atoms with Gasteiger partial charge in [0.2, 0.25) is 0 Å². The predicted molar refractivity (Wildman–Crippen MR) is 50.2 cm³/mol. The van der Waals surface area contributed by atoms with Gasteiger partial charge >= 0.3 is 0 Å². The summed E-state index contributed by atoms with van der Waals surface area (Å²) in [5, 5.41) is 11.4. The number of nitrogens with zero attached hydrogens (tertiary/aromatic N) is 3. The fraction of sp³-hybridized carbons (Fsp3) is 0. The number of hydrogen-bond donors (Lipinski definition) is 0. The molecule has 0 aliphatic carbocycles. The van der Waals surface area contributed by atoms with Crippen LogP contribution in [-0.2, 0) is 0 Å². The first-order chi connectivity index (χ1) is 5.86. The molecule has 0 N–H and O–H groups in total. The summed E-state index contributed by atoms with van der Waals surface area (Å²) in [6.45, 7) is 0. The lowest BCUT2D eigenvalue weighted by Crippen LogP contribution is -1.84. The molecule has 60 valence electrons. The van der Waals surface area contributed by atoms with Gasteiger partial charge in [0.05, 0.1) is 0 Å². The minimum absolute atomic E-state index is 0.715. The first-order valence-corrected chi connectivity index (χ1v) is 4.34. The van der Waals surface area contributed by atoms with Gasteiger partial charge in [0.15, 0.2) is 3.77 Å². The van der Waals surface area contributed by atoms with Gasteiger partial charge in [-0.25, -0.2) is 0 Å². The number of halogens is 1. The van der Waals surface area contributed by atoms with Crippen LogP contribution >= 0.6 is 22.6 Å². The van der Waals surface area contributed by atoms with Crippen LogP contribution in [-0.4, -0.2) is 15.4 Å². The van der Waals surface area contributed by atoms with Gasteiger partial charge in [-0.3, -0.25) is 0 Å². The van der Waals surface area contributed by atoms with Crippen molar-refractivity contribution in [3.63, 3.8) is 0 Å². The molecule has 0 aliphatic heterocycles. The Hall–Kier alpha value is -0.980. The standard InChI is InChI=1S/C7H4IN3O/c8-7-4-6(11-12-7)5-2-1-3-9-10-5/h1-4H. The molecule has 2 aromatic rings. The van der Waals surface area contributed by atoms with Gasteiger partial charge in [-0.2, -0.15) is 5.10 Å². The van der Waals surface area contributed by atoms with E-state index in [2.05, 4.69) is 37.9 Å². The normalized spacial score (nSPS) is 10.1. The van der Waals surface area contributed by atoms with Crippen LogP contribution in [0.3, 0.4) is 0 Å². The third-order valence-electron chi connectivity index (χ3n) is 1.32. The lowest BCUT2D eigenvalue weighted by molar-refractivity contribution is 0.400. The lowest BCUT2D eigenvalue weighted by atomic mass is 10.3. The largest absolute Gasteiger partial charge is 0.350 e. The Morgan fingerprint density at radius 2 is 2.25 bits per heavy atom. The van der Waals surface area contributed by atoms with Crippen LogP contribution in [0.2, 0.25) is 0 Å². The topological polar surface area (TPSA) is 51.8 Å². The molecule has 0 spiro atoms. The van der Waals surface area contributed by atoms with E-state index in [-0.39, 0.29) is 0 Å². The zero-order valence-electron chi connectivity index (χ0n) is 5.94. The van der Waals surface area contributed by atoms with Gasteiger partial charge in [0, 0.05) is 34.9 Å². The molecule has 0 radical (unpaired) electrons. The second-order valence-electron chi connectivity index (χ2n) is 2.13. The molecule has 0 aliphatic rings. The quantitative estimate of drug-likeness (QED) is 0.742. The SMILES string of the molecule is Ic1cc(-c2cccnn2)no1. The number of hydrogen-bond acceptors (Lipinski definition) is 4. The Kier molecular flexibility index (Phi) is 2.03. The van der Waals surface area contributed by atoms with Crippen molar-refractivity contribution in [2.24, 2.45) is 0 Å². The molecule has 2 rings (SSSR count). The first-order valence-electron chi connectivity index (χ1n) is 3.26. The number of rotatable bonds is 1. The maximum absolute atomic E-state index is 4.89. The molecular formula is C7H4IN3O. The van der Waals surface area contributed by atoms with E-state index in [1.54, 1.807) is 6.20 Å². The van der Waals surface area contributed by atoms with Crippen LogP contribution < -0.4 is 0 Å². The van der Waals surface area contributed by atoms with Crippen molar-refractivity contribution in [2.75, 3.05) is 0 Å². The zero-order valence-corrected chi connectivity index (χ0v) is 8.09. The maximum atomic E-state index is 4.89. The van der Waals surface area contributed by atoms with Crippen molar-refractivity contribution in [3.05, 3.63) is 28.2 Å². The van der Waals surface area contributed by atoms with E-state index < -0.39 is 0 Å². The summed E-state index contributed by atoms with van der Waals surface area (Å²) < 4.78 is 5.63. The highest BCUT2D eigenvalue weighted by Gasteiger charge is 2.04. The van der Waals surface area contributed by atoms with E-state index in [9.17, 15) is 0 Å². The van der Waals surface area contributed by atoms with Crippen LogP contribution in [0, 0.1) is 3.77 Å². The molecule has 2 aromatic heterocycles. The smallest absolute Gasteiger partial charge is 0.197 e. The van der Waals surface area contributed by atoms with Crippen molar-refractivity contribution >= 4 is 22.6 Å². The molecule has 0 bridgehead atoms. The van der Waals surface area contributed by atoms with Gasteiger partial charge < -0.3 is 4.52 Å². The molecule has 0 aromatic carbocycles. The Morgan fingerprint density at radius 1 is 1.33 bits per heavy atom. The average molecular weight is 273 g/mol. The molecule has 0 atom stereocenters. The van der Waals surface area contributed by atoms with Gasteiger partial charge in [0.25, 0.3) is 0 Å². The average Bonchev–Trinajstić information content (AvgIpc) is 2.54. The molecule has 4 nitrogen and oxygen atoms in total. The summed E-state index contributed by atoms with van der Waals surface area (Å²) >= 11 is 2.05. The third-order valence-corrected chi connectivity index (χ3v) is 1.82. The van der Waals surface area contributed by atoms with E-state index in [1.165, 1.54) is 0 Å². The van der Waals surface area contributed by atoms with E-state index in [1.807, 2.05) is 18.2 Å². The highest BCUT2D eigenvalue weighted by molar-refractivity contribution is 14.1.